The highest BCUT2D eigenvalue weighted by molar-refractivity contribution is 5.67. The average Bonchev–Trinajstić information content (AvgIpc) is 3.13. The van der Waals surface area contributed by atoms with Crippen molar-refractivity contribution in [1.82, 2.24) is 4.98 Å². The fourth-order valence-corrected chi connectivity index (χ4v) is 1.83. The SMILES string of the molecule is O=C(O)CCN(c1cccc(C(F)(F)F)n1)C1CC1. The highest BCUT2D eigenvalue weighted by Gasteiger charge is 2.35. The third-order valence-electron chi connectivity index (χ3n) is 2.87. The number of carbonyl (C=O) groups is 1. The van der Waals surface area contributed by atoms with Crippen molar-refractivity contribution in [3.05, 3.63) is 23.9 Å². The lowest BCUT2D eigenvalue weighted by molar-refractivity contribution is -0.141. The van der Waals surface area contributed by atoms with Gasteiger partial charge in [-0.25, -0.2) is 4.98 Å². The zero-order valence-electron chi connectivity index (χ0n) is 10.0. The molecule has 0 saturated heterocycles. The van der Waals surface area contributed by atoms with Gasteiger partial charge in [0.25, 0.3) is 0 Å². The molecule has 1 aliphatic carbocycles. The zero-order chi connectivity index (χ0) is 14.0. The van der Waals surface area contributed by atoms with Gasteiger partial charge in [0, 0.05) is 12.6 Å². The van der Waals surface area contributed by atoms with Crippen molar-refractivity contribution in [1.29, 1.82) is 0 Å². The number of anilines is 1. The molecule has 104 valence electrons. The normalized spacial score (nSPS) is 15.3. The van der Waals surface area contributed by atoms with Crippen LogP contribution in [-0.4, -0.2) is 28.6 Å². The zero-order valence-corrected chi connectivity index (χ0v) is 10.0. The Balaban J connectivity index is 2.19. The molecule has 4 nitrogen and oxygen atoms in total. The summed E-state index contributed by atoms with van der Waals surface area (Å²) in [5, 5.41) is 8.67. The van der Waals surface area contributed by atoms with Crippen LogP contribution in [0.5, 0.6) is 0 Å². The summed E-state index contributed by atoms with van der Waals surface area (Å²) in [6.45, 7) is 0.175. The molecule has 1 saturated carbocycles. The first-order valence-electron chi connectivity index (χ1n) is 5.90. The molecule has 1 aromatic rings. The van der Waals surface area contributed by atoms with E-state index >= 15 is 0 Å². The molecule has 1 N–H and O–H groups in total. The maximum Gasteiger partial charge on any atom is 0.433 e. The Bertz CT molecular complexity index is 472. The van der Waals surface area contributed by atoms with Gasteiger partial charge in [-0.15, -0.1) is 0 Å². The number of nitrogens with zero attached hydrogens (tertiary/aromatic N) is 2. The molecule has 0 atom stereocenters. The number of carboxylic acid groups (broad SMARTS) is 1. The third kappa shape index (κ3) is 3.59. The lowest BCUT2D eigenvalue weighted by Gasteiger charge is -2.23. The first-order chi connectivity index (χ1) is 8.88. The van der Waals surface area contributed by atoms with Crippen molar-refractivity contribution in [3.8, 4) is 0 Å². The topological polar surface area (TPSA) is 53.4 Å². The Morgan fingerprint density at radius 1 is 1.42 bits per heavy atom. The van der Waals surface area contributed by atoms with Gasteiger partial charge >= 0.3 is 12.1 Å². The molecular weight excluding hydrogens is 261 g/mol. The first-order valence-corrected chi connectivity index (χ1v) is 5.90. The van der Waals surface area contributed by atoms with Gasteiger partial charge in [0.2, 0.25) is 0 Å². The molecule has 0 bridgehead atoms. The minimum atomic E-state index is -4.49. The third-order valence-corrected chi connectivity index (χ3v) is 2.87. The van der Waals surface area contributed by atoms with E-state index in [0.29, 0.717) is 0 Å². The largest absolute Gasteiger partial charge is 0.481 e. The average molecular weight is 274 g/mol. The van der Waals surface area contributed by atoms with Crippen LogP contribution >= 0.6 is 0 Å². The van der Waals surface area contributed by atoms with Gasteiger partial charge in [-0.05, 0) is 25.0 Å². The second kappa shape index (κ2) is 5.07. The van der Waals surface area contributed by atoms with Gasteiger partial charge in [0.1, 0.15) is 11.5 Å². The van der Waals surface area contributed by atoms with Crippen LogP contribution in [-0.2, 0) is 11.0 Å². The minimum Gasteiger partial charge on any atom is -0.481 e. The van der Waals surface area contributed by atoms with E-state index in [1.165, 1.54) is 12.1 Å². The van der Waals surface area contributed by atoms with E-state index in [1.54, 1.807) is 4.90 Å². The van der Waals surface area contributed by atoms with Crippen LogP contribution in [0.2, 0.25) is 0 Å². The van der Waals surface area contributed by atoms with Crippen molar-refractivity contribution in [2.75, 3.05) is 11.4 Å². The summed E-state index contributed by atoms with van der Waals surface area (Å²) >= 11 is 0. The first kappa shape index (κ1) is 13.6. The Labute approximate surface area is 107 Å². The highest BCUT2D eigenvalue weighted by Crippen LogP contribution is 2.33. The number of alkyl halides is 3. The van der Waals surface area contributed by atoms with Gasteiger partial charge in [-0.2, -0.15) is 13.2 Å². The van der Waals surface area contributed by atoms with Gasteiger partial charge in [-0.3, -0.25) is 4.79 Å². The Morgan fingerprint density at radius 3 is 2.63 bits per heavy atom. The van der Waals surface area contributed by atoms with Gasteiger partial charge in [0.15, 0.2) is 0 Å². The summed E-state index contributed by atoms with van der Waals surface area (Å²) in [4.78, 5) is 15.8. The van der Waals surface area contributed by atoms with Crippen LogP contribution < -0.4 is 4.90 Å². The van der Waals surface area contributed by atoms with Gasteiger partial charge in [-0.1, -0.05) is 6.07 Å². The van der Waals surface area contributed by atoms with E-state index in [1.807, 2.05) is 0 Å². The highest BCUT2D eigenvalue weighted by atomic mass is 19.4. The molecular formula is C12H13F3N2O2. The van der Waals surface area contributed by atoms with E-state index in [0.717, 1.165) is 18.9 Å². The smallest absolute Gasteiger partial charge is 0.433 e. The summed E-state index contributed by atoms with van der Waals surface area (Å²) in [6, 6.07) is 3.79. The summed E-state index contributed by atoms with van der Waals surface area (Å²) in [5.74, 6) is -0.781. The molecule has 7 heteroatoms. The standard InChI is InChI=1S/C12H13F3N2O2/c13-12(14,15)9-2-1-3-10(16-9)17(8-4-5-8)7-6-11(18)19/h1-3,8H,4-7H2,(H,18,19). The molecule has 0 aliphatic heterocycles. The van der Waals surface area contributed by atoms with Crippen molar-refractivity contribution >= 4 is 11.8 Å². The second-order valence-corrected chi connectivity index (χ2v) is 4.45. The summed E-state index contributed by atoms with van der Waals surface area (Å²) < 4.78 is 37.8. The summed E-state index contributed by atoms with van der Waals surface area (Å²) in [6.07, 6.45) is -2.89. The molecule has 0 radical (unpaired) electrons. The molecule has 19 heavy (non-hydrogen) atoms. The van der Waals surface area contributed by atoms with Crippen molar-refractivity contribution in [2.45, 2.75) is 31.5 Å². The van der Waals surface area contributed by atoms with Gasteiger partial charge < -0.3 is 10.0 Å². The Morgan fingerprint density at radius 2 is 2.11 bits per heavy atom. The lowest BCUT2D eigenvalue weighted by Crippen LogP contribution is -2.29. The second-order valence-electron chi connectivity index (χ2n) is 4.45. The fraction of sp³-hybridized carbons (Fsp3) is 0.500. The van der Waals surface area contributed by atoms with Crippen LogP contribution in [0.15, 0.2) is 18.2 Å². The summed E-state index contributed by atoms with van der Waals surface area (Å²) in [7, 11) is 0. The number of halogens is 3. The monoisotopic (exact) mass is 274 g/mol. The molecule has 0 spiro atoms. The Kier molecular flexibility index (Phi) is 3.64. The lowest BCUT2D eigenvalue weighted by atomic mass is 10.3. The van der Waals surface area contributed by atoms with E-state index in [9.17, 15) is 18.0 Å². The quantitative estimate of drug-likeness (QED) is 0.896. The van der Waals surface area contributed by atoms with Gasteiger partial charge in [0.05, 0.1) is 6.42 Å². The maximum atomic E-state index is 12.6. The van der Waals surface area contributed by atoms with Crippen molar-refractivity contribution in [2.24, 2.45) is 0 Å². The molecule has 0 amide bonds. The molecule has 0 aromatic carbocycles. The number of aromatic nitrogens is 1. The number of rotatable bonds is 5. The van der Waals surface area contributed by atoms with Crippen molar-refractivity contribution < 1.29 is 23.1 Å². The molecule has 1 heterocycles. The van der Waals surface area contributed by atoms with Crippen LogP contribution in [0.3, 0.4) is 0 Å². The maximum absolute atomic E-state index is 12.6. The molecule has 2 rings (SSSR count). The summed E-state index contributed by atoms with van der Waals surface area (Å²) in [5.41, 5.74) is -0.953. The molecule has 0 unspecified atom stereocenters. The number of aliphatic carboxylic acids is 1. The Hall–Kier alpha value is -1.79. The van der Waals surface area contributed by atoms with E-state index in [4.69, 9.17) is 5.11 Å². The fourth-order valence-electron chi connectivity index (χ4n) is 1.83. The van der Waals surface area contributed by atoms with E-state index in [-0.39, 0.29) is 24.8 Å². The number of hydrogen-bond donors (Lipinski definition) is 1. The van der Waals surface area contributed by atoms with E-state index in [2.05, 4.69) is 4.98 Å². The number of carboxylic acids is 1. The van der Waals surface area contributed by atoms with Crippen LogP contribution in [0.1, 0.15) is 25.0 Å². The number of hydrogen-bond acceptors (Lipinski definition) is 3. The predicted molar refractivity (Wildman–Crippen MR) is 61.9 cm³/mol. The van der Waals surface area contributed by atoms with Crippen LogP contribution in [0, 0.1) is 0 Å². The molecule has 1 aromatic heterocycles. The van der Waals surface area contributed by atoms with E-state index < -0.39 is 17.8 Å². The van der Waals surface area contributed by atoms with Crippen LogP contribution in [0.4, 0.5) is 19.0 Å². The van der Waals surface area contributed by atoms with Crippen LogP contribution in [0.25, 0.3) is 0 Å². The minimum absolute atomic E-state index is 0.107. The van der Waals surface area contributed by atoms with Crippen molar-refractivity contribution in [3.63, 3.8) is 0 Å². The molecule has 1 fully saturated rings. The number of pyridine rings is 1. The predicted octanol–water partition coefficient (Wildman–Crippen LogP) is 2.54. The molecule has 1 aliphatic rings.